The van der Waals surface area contributed by atoms with Gasteiger partial charge in [0.1, 0.15) is 5.38 Å². The van der Waals surface area contributed by atoms with E-state index in [4.69, 9.17) is 11.6 Å². The molecule has 1 aromatic rings. The van der Waals surface area contributed by atoms with E-state index in [2.05, 4.69) is 4.74 Å². The topological polar surface area (TPSA) is 43.4 Å². The number of carbonyl (C=O) groups is 2. The van der Waals surface area contributed by atoms with Crippen LogP contribution >= 0.6 is 11.6 Å². The lowest BCUT2D eigenvalue weighted by Gasteiger charge is -2.10. The number of ketones is 1. The molecule has 0 saturated carbocycles. The minimum atomic E-state index is -0.660. The lowest BCUT2D eigenvalue weighted by Crippen LogP contribution is -2.06. The van der Waals surface area contributed by atoms with Crippen LogP contribution in [-0.2, 0) is 9.53 Å². The van der Waals surface area contributed by atoms with Gasteiger partial charge in [0.15, 0.2) is 5.78 Å². The lowest BCUT2D eigenvalue weighted by atomic mass is 10.0. The summed E-state index contributed by atoms with van der Waals surface area (Å²) >= 11 is 5.95. The summed E-state index contributed by atoms with van der Waals surface area (Å²) in [6, 6.07) is 4.95. The standard InChI is InChI=1S/C12H13ClO3/c1-7-6-9(12(15)16-3)4-5-10(7)11(13)8(2)14/h4-6,11H,1-3H3. The third kappa shape index (κ3) is 2.61. The van der Waals surface area contributed by atoms with Gasteiger partial charge in [0.2, 0.25) is 0 Å². The summed E-state index contributed by atoms with van der Waals surface area (Å²) in [6.07, 6.45) is 0. The number of benzene rings is 1. The number of halogens is 1. The molecule has 1 rings (SSSR count). The maximum Gasteiger partial charge on any atom is 0.337 e. The van der Waals surface area contributed by atoms with Crippen LogP contribution in [0.15, 0.2) is 18.2 Å². The predicted molar refractivity (Wildman–Crippen MR) is 61.8 cm³/mol. The van der Waals surface area contributed by atoms with Crippen molar-refractivity contribution < 1.29 is 14.3 Å². The summed E-state index contributed by atoms with van der Waals surface area (Å²) in [6.45, 7) is 3.24. The van der Waals surface area contributed by atoms with Crippen LogP contribution in [0.5, 0.6) is 0 Å². The molecule has 0 saturated heterocycles. The van der Waals surface area contributed by atoms with E-state index in [0.717, 1.165) is 11.1 Å². The number of esters is 1. The van der Waals surface area contributed by atoms with E-state index < -0.39 is 11.3 Å². The van der Waals surface area contributed by atoms with Crippen LogP contribution in [0.3, 0.4) is 0 Å². The van der Waals surface area contributed by atoms with Crippen LogP contribution in [0.25, 0.3) is 0 Å². The van der Waals surface area contributed by atoms with Gasteiger partial charge in [-0.25, -0.2) is 4.79 Å². The quantitative estimate of drug-likeness (QED) is 0.603. The third-order valence-corrected chi connectivity index (χ3v) is 2.86. The van der Waals surface area contributed by atoms with E-state index in [0.29, 0.717) is 5.56 Å². The van der Waals surface area contributed by atoms with E-state index in [9.17, 15) is 9.59 Å². The number of ether oxygens (including phenoxy) is 1. The van der Waals surface area contributed by atoms with Crippen LogP contribution in [0, 0.1) is 6.92 Å². The highest BCUT2D eigenvalue weighted by molar-refractivity contribution is 6.30. The summed E-state index contributed by atoms with van der Waals surface area (Å²) in [5, 5.41) is -0.660. The van der Waals surface area contributed by atoms with Gasteiger partial charge in [0.25, 0.3) is 0 Å². The predicted octanol–water partition coefficient (Wildman–Crippen LogP) is 2.65. The van der Waals surface area contributed by atoms with E-state index in [1.165, 1.54) is 14.0 Å². The molecule has 86 valence electrons. The molecule has 1 atom stereocenters. The Bertz CT molecular complexity index is 426. The van der Waals surface area contributed by atoms with Crippen molar-refractivity contribution in [1.82, 2.24) is 0 Å². The molecule has 16 heavy (non-hydrogen) atoms. The Labute approximate surface area is 99.4 Å². The van der Waals surface area contributed by atoms with Crippen LogP contribution < -0.4 is 0 Å². The van der Waals surface area contributed by atoms with Crippen molar-refractivity contribution in [2.45, 2.75) is 19.2 Å². The highest BCUT2D eigenvalue weighted by atomic mass is 35.5. The average Bonchev–Trinajstić information content (AvgIpc) is 2.26. The highest BCUT2D eigenvalue weighted by Crippen LogP contribution is 2.25. The van der Waals surface area contributed by atoms with E-state index >= 15 is 0 Å². The molecule has 1 unspecified atom stereocenters. The lowest BCUT2D eigenvalue weighted by molar-refractivity contribution is -0.116. The number of hydrogen-bond donors (Lipinski definition) is 0. The second kappa shape index (κ2) is 5.12. The van der Waals surface area contributed by atoms with Gasteiger partial charge in [-0.15, -0.1) is 11.6 Å². The third-order valence-electron chi connectivity index (χ3n) is 2.32. The number of carbonyl (C=O) groups excluding carboxylic acids is 2. The molecule has 0 aliphatic heterocycles. The molecule has 0 aliphatic rings. The first-order valence-electron chi connectivity index (χ1n) is 4.80. The van der Waals surface area contributed by atoms with Crippen LogP contribution in [0.4, 0.5) is 0 Å². The van der Waals surface area contributed by atoms with Gasteiger partial charge in [-0.1, -0.05) is 6.07 Å². The SMILES string of the molecule is COC(=O)c1ccc(C(Cl)C(C)=O)c(C)c1. The molecule has 0 N–H and O–H groups in total. The molecular formula is C12H13ClO3. The van der Waals surface area contributed by atoms with Crippen molar-refractivity contribution in [3.8, 4) is 0 Å². The molecule has 0 amide bonds. The molecule has 0 heterocycles. The van der Waals surface area contributed by atoms with Crippen molar-refractivity contribution in [3.63, 3.8) is 0 Å². The van der Waals surface area contributed by atoms with Gasteiger partial charge in [0, 0.05) is 0 Å². The Kier molecular flexibility index (Phi) is 4.07. The van der Waals surface area contributed by atoms with Crippen molar-refractivity contribution in [2.75, 3.05) is 7.11 Å². The molecule has 0 bridgehead atoms. The van der Waals surface area contributed by atoms with Crippen LogP contribution in [0.1, 0.15) is 33.8 Å². The first-order chi connectivity index (χ1) is 7.47. The van der Waals surface area contributed by atoms with Crippen LogP contribution in [0.2, 0.25) is 0 Å². The van der Waals surface area contributed by atoms with Gasteiger partial charge < -0.3 is 4.74 Å². The number of Topliss-reactive ketones (excluding diaryl/α,β-unsaturated/α-hetero) is 1. The summed E-state index contributed by atoms with van der Waals surface area (Å²) in [5.74, 6) is -0.515. The second-order valence-corrected chi connectivity index (χ2v) is 3.97. The fourth-order valence-electron chi connectivity index (χ4n) is 1.42. The maximum atomic E-state index is 11.3. The zero-order valence-corrected chi connectivity index (χ0v) is 10.2. The van der Waals surface area contributed by atoms with Crippen molar-refractivity contribution in [3.05, 3.63) is 34.9 Å². The summed E-state index contributed by atoms with van der Waals surface area (Å²) in [7, 11) is 1.32. The van der Waals surface area contributed by atoms with Crippen LogP contribution in [-0.4, -0.2) is 18.9 Å². The fraction of sp³-hybridized carbons (Fsp3) is 0.333. The molecule has 1 aromatic carbocycles. The summed E-state index contributed by atoms with van der Waals surface area (Å²) in [4.78, 5) is 22.4. The molecule has 0 aromatic heterocycles. The summed E-state index contributed by atoms with van der Waals surface area (Å²) < 4.78 is 4.60. The minimum absolute atomic E-state index is 0.115. The number of methoxy groups -OCH3 is 1. The first-order valence-corrected chi connectivity index (χ1v) is 5.24. The number of rotatable bonds is 3. The van der Waals surface area contributed by atoms with Gasteiger partial charge in [-0.3, -0.25) is 4.79 Å². The fourth-order valence-corrected chi connectivity index (χ4v) is 1.67. The number of hydrogen-bond acceptors (Lipinski definition) is 3. The Hall–Kier alpha value is -1.35. The van der Waals surface area contributed by atoms with Crippen molar-refractivity contribution in [1.29, 1.82) is 0 Å². The summed E-state index contributed by atoms with van der Waals surface area (Å²) in [5.41, 5.74) is 1.98. The van der Waals surface area contributed by atoms with Gasteiger partial charge in [-0.2, -0.15) is 0 Å². The molecule has 3 nitrogen and oxygen atoms in total. The zero-order chi connectivity index (χ0) is 12.3. The second-order valence-electron chi connectivity index (χ2n) is 3.54. The minimum Gasteiger partial charge on any atom is -0.465 e. The van der Waals surface area contributed by atoms with Gasteiger partial charge in [0.05, 0.1) is 12.7 Å². The monoisotopic (exact) mass is 240 g/mol. The normalized spacial score (nSPS) is 12.0. The maximum absolute atomic E-state index is 11.3. The Balaban J connectivity index is 3.09. The zero-order valence-electron chi connectivity index (χ0n) is 9.41. The van der Waals surface area contributed by atoms with E-state index in [-0.39, 0.29) is 5.78 Å². The molecule has 0 fully saturated rings. The Morgan fingerprint density at radius 3 is 2.44 bits per heavy atom. The smallest absolute Gasteiger partial charge is 0.337 e. The number of aryl methyl sites for hydroxylation is 1. The van der Waals surface area contributed by atoms with Crippen molar-refractivity contribution in [2.24, 2.45) is 0 Å². The van der Waals surface area contributed by atoms with Gasteiger partial charge in [-0.05, 0) is 37.1 Å². The van der Waals surface area contributed by atoms with E-state index in [1.807, 2.05) is 0 Å². The largest absolute Gasteiger partial charge is 0.465 e. The average molecular weight is 241 g/mol. The van der Waals surface area contributed by atoms with Gasteiger partial charge >= 0.3 is 5.97 Å². The Morgan fingerprint density at radius 2 is 2.00 bits per heavy atom. The van der Waals surface area contributed by atoms with Crippen molar-refractivity contribution >= 4 is 23.4 Å². The molecule has 0 radical (unpaired) electrons. The first kappa shape index (κ1) is 12.7. The highest BCUT2D eigenvalue weighted by Gasteiger charge is 2.16. The molecule has 0 aliphatic carbocycles. The van der Waals surface area contributed by atoms with E-state index in [1.54, 1.807) is 25.1 Å². The molecular weight excluding hydrogens is 228 g/mol. The Morgan fingerprint density at radius 1 is 1.38 bits per heavy atom. The number of alkyl halides is 1. The molecule has 4 heteroatoms. The molecule has 0 spiro atoms.